The SMILES string of the molecule is CC[C@H](NC(=O)c1ccc(=O)[nH]c1)c1ncc(C)[nH]1. The molecule has 2 heterocycles. The van der Waals surface area contributed by atoms with Crippen molar-refractivity contribution < 1.29 is 4.79 Å². The maximum absolute atomic E-state index is 12.0. The van der Waals surface area contributed by atoms with Gasteiger partial charge in [-0.15, -0.1) is 0 Å². The fraction of sp³-hybridized carbons (Fsp3) is 0.308. The second kappa shape index (κ2) is 5.51. The van der Waals surface area contributed by atoms with E-state index >= 15 is 0 Å². The summed E-state index contributed by atoms with van der Waals surface area (Å²) in [6.45, 7) is 3.88. The molecule has 0 aliphatic heterocycles. The van der Waals surface area contributed by atoms with Crippen molar-refractivity contribution in [1.82, 2.24) is 20.3 Å². The third-order valence-corrected chi connectivity index (χ3v) is 2.81. The van der Waals surface area contributed by atoms with Gasteiger partial charge in [0, 0.05) is 24.2 Å². The van der Waals surface area contributed by atoms with Crippen molar-refractivity contribution in [2.45, 2.75) is 26.3 Å². The number of carbonyl (C=O) groups is 1. The lowest BCUT2D eigenvalue weighted by Crippen LogP contribution is -2.29. The van der Waals surface area contributed by atoms with Gasteiger partial charge in [0.05, 0.1) is 11.6 Å². The van der Waals surface area contributed by atoms with Crippen LogP contribution in [0.4, 0.5) is 0 Å². The molecule has 100 valence electrons. The van der Waals surface area contributed by atoms with Crippen molar-refractivity contribution in [3.05, 3.63) is 52.0 Å². The number of H-pyrrole nitrogens is 2. The topological polar surface area (TPSA) is 90.6 Å². The van der Waals surface area contributed by atoms with E-state index in [9.17, 15) is 9.59 Å². The zero-order chi connectivity index (χ0) is 13.8. The molecule has 3 N–H and O–H groups in total. The van der Waals surface area contributed by atoms with Crippen LogP contribution in [0.2, 0.25) is 0 Å². The van der Waals surface area contributed by atoms with Gasteiger partial charge >= 0.3 is 0 Å². The van der Waals surface area contributed by atoms with E-state index in [1.807, 2.05) is 13.8 Å². The van der Waals surface area contributed by atoms with Gasteiger partial charge in [0.15, 0.2) is 0 Å². The zero-order valence-electron chi connectivity index (χ0n) is 10.9. The molecule has 0 aliphatic carbocycles. The molecule has 2 rings (SSSR count). The molecule has 6 heteroatoms. The van der Waals surface area contributed by atoms with Gasteiger partial charge in [0.25, 0.3) is 5.91 Å². The first-order valence-corrected chi connectivity index (χ1v) is 6.11. The third-order valence-electron chi connectivity index (χ3n) is 2.81. The highest BCUT2D eigenvalue weighted by atomic mass is 16.2. The van der Waals surface area contributed by atoms with Crippen LogP contribution in [0.25, 0.3) is 0 Å². The van der Waals surface area contributed by atoms with Gasteiger partial charge in [0.1, 0.15) is 5.82 Å². The molecule has 0 radical (unpaired) electrons. The first-order chi connectivity index (χ1) is 9.10. The second-order valence-electron chi connectivity index (χ2n) is 4.33. The summed E-state index contributed by atoms with van der Waals surface area (Å²) in [4.78, 5) is 32.8. The number of imidazole rings is 1. The van der Waals surface area contributed by atoms with Crippen LogP contribution in [0.3, 0.4) is 0 Å². The van der Waals surface area contributed by atoms with Crippen LogP contribution >= 0.6 is 0 Å². The first-order valence-electron chi connectivity index (χ1n) is 6.11. The average Bonchev–Trinajstić information content (AvgIpc) is 2.83. The van der Waals surface area contributed by atoms with Gasteiger partial charge in [-0.05, 0) is 19.4 Å². The third kappa shape index (κ3) is 3.09. The Morgan fingerprint density at radius 3 is 2.79 bits per heavy atom. The first kappa shape index (κ1) is 13.1. The minimum Gasteiger partial charge on any atom is -0.344 e. The summed E-state index contributed by atoms with van der Waals surface area (Å²) in [6, 6.07) is 2.65. The normalized spacial score (nSPS) is 12.1. The molecule has 2 aromatic heterocycles. The number of rotatable bonds is 4. The van der Waals surface area contributed by atoms with Crippen molar-refractivity contribution in [2.24, 2.45) is 0 Å². The van der Waals surface area contributed by atoms with Crippen LogP contribution in [0, 0.1) is 6.92 Å². The summed E-state index contributed by atoms with van der Waals surface area (Å²) < 4.78 is 0. The molecule has 0 aromatic carbocycles. The lowest BCUT2D eigenvalue weighted by atomic mass is 10.2. The highest BCUT2D eigenvalue weighted by Crippen LogP contribution is 2.13. The molecular formula is C13H16N4O2. The Labute approximate surface area is 110 Å². The van der Waals surface area contributed by atoms with Crippen molar-refractivity contribution in [1.29, 1.82) is 0 Å². The molecule has 0 saturated carbocycles. The van der Waals surface area contributed by atoms with E-state index in [4.69, 9.17) is 0 Å². The summed E-state index contributed by atoms with van der Waals surface area (Å²) in [5.41, 5.74) is 1.14. The monoisotopic (exact) mass is 260 g/mol. The molecule has 0 fully saturated rings. The van der Waals surface area contributed by atoms with Crippen LogP contribution in [0.15, 0.2) is 29.3 Å². The zero-order valence-corrected chi connectivity index (χ0v) is 10.9. The fourth-order valence-electron chi connectivity index (χ4n) is 1.77. The fourth-order valence-corrected chi connectivity index (χ4v) is 1.77. The van der Waals surface area contributed by atoms with E-state index in [1.165, 1.54) is 18.3 Å². The number of nitrogens with one attached hydrogen (secondary N) is 3. The highest BCUT2D eigenvalue weighted by molar-refractivity contribution is 5.94. The molecule has 1 amide bonds. The molecule has 19 heavy (non-hydrogen) atoms. The minimum atomic E-state index is -0.239. The number of aromatic amines is 2. The largest absolute Gasteiger partial charge is 0.344 e. The van der Waals surface area contributed by atoms with Gasteiger partial charge in [-0.2, -0.15) is 0 Å². The summed E-state index contributed by atoms with van der Waals surface area (Å²) in [5, 5.41) is 2.88. The lowest BCUT2D eigenvalue weighted by molar-refractivity contribution is 0.0933. The minimum absolute atomic E-state index is 0.173. The predicted molar refractivity (Wildman–Crippen MR) is 70.9 cm³/mol. The van der Waals surface area contributed by atoms with Crippen molar-refractivity contribution in [3.63, 3.8) is 0 Å². The quantitative estimate of drug-likeness (QED) is 0.773. The Hall–Kier alpha value is -2.37. The maximum Gasteiger partial charge on any atom is 0.253 e. The number of aromatic nitrogens is 3. The van der Waals surface area contributed by atoms with Crippen LogP contribution in [0.1, 0.15) is 41.3 Å². The van der Waals surface area contributed by atoms with E-state index in [-0.39, 0.29) is 17.5 Å². The van der Waals surface area contributed by atoms with Crippen LogP contribution in [0.5, 0.6) is 0 Å². The standard InChI is InChI=1S/C13H16N4O2/c1-3-10(12-15-6-8(2)16-12)17-13(19)9-4-5-11(18)14-7-9/h4-7,10H,3H2,1-2H3,(H,14,18)(H,15,16)(H,17,19)/t10-/m0/s1. The van der Waals surface area contributed by atoms with Gasteiger partial charge < -0.3 is 15.3 Å². The van der Waals surface area contributed by atoms with Crippen LogP contribution < -0.4 is 10.9 Å². The van der Waals surface area contributed by atoms with Gasteiger partial charge in [-0.25, -0.2) is 4.98 Å². The Bertz CT molecular complexity index is 609. The molecule has 2 aromatic rings. The number of hydrogen-bond acceptors (Lipinski definition) is 3. The van der Waals surface area contributed by atoms with E-state index in [0.717, 1.165) is 17.9 Å². The number of amides is 1. The molecule has 6 nitrogen and oxygen atoms in total. The second-order valence-corrected chi connectivity index (χ2v) is 4.33. The van der Waals surface area contributed by atoms with Gasteiger partial charge in [0.2, 0.25) is 5.56 Å². The molecule has 0 saturated heterocycles. The number of nitrogens with zero attached hydrogens (tertiary/aromatic N) is 1. The molecule has 0 spiro atoms. The smallest absolute Gasteiger partial charge is 0.253 e. The molecule has 0 aliphatic rings. The van der Waals surface area contributed by atoms with Crippen LogP contribution in [-0.4, -0.2) is 20.9 Å². The molecule has 0 bridgehead atoms. The lowest BCUT2D eigenvalue weighted by Gasteiger charge is -2.14. The molecule has 1 atom stereocenters. The number of carbonyl (C=O) groups excluding carboxylic acids is 1. The average molecular weight is 260 g/mol. The Morgan fingerprint density at radius 1 is 1.47 bits per heavy atom. The summed E-state index contributed by atoms with van der Waals surface area (Å²) in [7, 11) is 0. The van der Waals surface area contributed by atoms with Crippen molar-refractivity contribution >= 4 is 5.91 Å². The van der Waals surface area contributed by atoms with Gasteiger partial charge in [-0.3, -0.25) is 9.59 Å². The van der Waals surface area contributed by atoms with E-state index in [2.05, 4.69) is 20.3 Å². The van der Waals surface area contributed by atoms with Crippen molar-refractivity contribution in [2.75, 3.05) is 0 Å². The summed E-state index contributed by atoms with van der Waals surface area (Å²) in [6.07, 6.45) is 3.85. The summed E-state index contributed by atoms with van der Waals surface area (Å²) >= 11 is 0. The summed E-state index contributed by atoms with van der Waals surface area (Å²) in [5.74, 6) is 0.495. The Kier molecular flexibility index (Phi) is 3.79. The van der Waals surface area contributed by atoms with E-state index in [0.29, 0.717) is 5.56 Å². The van der Waals surface area contributed by atoms with E-state index in [1.54, 1.807) is 6.20 Å². The highest BCUT2D eigenvalue weighted by Gasteiger charge is 2.16. The Balaban J connectivity index is 2.12. The molecular weight excluding hydrogens is 244 g/mol. The number of hydrogen-bond donors (Lipinski definition) is 3. The van der Waals surface area contributed by atoms with E-state index < -0.39 is 0 Å². The number of pyridine rings is 1. The van der Waals surface area contributed by atoms with Crippen LogP contribution in [-0.2, 0) is 0 Å². The Morgan fingerprint density at radius 2 is 2.26 bits per heavy atom. The predicted octanol–water partition coefficient (Wildman–Crippen LogP) is 1.29. The molecule has 0 unspecified atom stereocenters. The van der Waals surface area contributed by atoms with Crippen molar-refractivity contribution in [3.8, 4) is 0 Å². The number of aryl methyl sites for hydroxylation is 1. The van der Waals surface area contributed by atoms with Gasteiger partial charge in [-0.1, -0.05) is 6.92 Å². The maximum atomic E-state index is 12.0.